The third-order valence-electron chi connectivity index (χ3n) is 7.14. The molecular weight excluding hydrogens is 500 g/mol. The Hall–Kier alpha value is -2.84. The Morgan fingerprint density at radius 3 is 2.50 bits per heavy atom. The van der Waals surface area contributed by atoms with E-state index in [1.54, 1.807) is 30.8 Å². The molecule has 0 aromatic heterocycles. The number of hydrogen-bond donors (Lipinski definition) is 3. The Morgan fingerprint density at radius 1 is 1.11 bits per heavy atom. The molecule has 3 N–H and O–H groups in total. The van der Waals surface area contributed by atoms with Crippen LogP contribution in [0.4, 0.5) is 0 Å². The summed E-state index contributed by atoms with van der Waals surface area (Å²) < 4.78 is -0.169. The molecule has 0 spiro atoms. The van der Waals surface area contributed by atoms with Gasteiger partial charge in [-0.3, -0.25) is 14.4 Å². The van der Waals surface area contributed by atoms with E-state index in [1.165, 1.54) is 11.0 Å². The molecule has 1 saturated heterocycles. The number of phenols is 1. The second-order valence-corrected chi connectivity index (χ2v) is 12.3. The lowest BCUT2D eigenvalue weighted by molar-refractivity contribution is -0.147. The summed E-state index contributed by atoms with van der Waals surface area (Å²) in [5, 5.41) is 24.3. The number of benzene rings is 2. The third kappa shape index (κ3) is 7.60. The normalized spacial score (nSPS) is 18.4. The fourth-order valence-electron chi connectivity index (χ4n) is 4.76. The summed E-state index contributed by atoms with van der Waals surface area (Å²) in [5.41, 5.74) is 1.53. The highest BCUT2D eigenvalue weighted by molar-refractivity contribution is 8.00. The van der Waals surface area contributed by atoms with E-state index in [2.05, 4.69) is 26.1 Å². The number of unbranched alkanes of at least 4 members (excludes halogenated alkanes) is 2. The van der Waals surface area contributed by atoms with Crippen LogP contribution in [-0.4, -0.2) is 61.5 Å². The van der Waals surface area contributed by atoms with Crippen LogP contribution >= 0.6 is 11.8 Å². The summed E-state index contributed by atoms with van der Waals surface area (Å²) >= 11 is 1.58. The van der Waals surface area contributed by atoms with E-state index in [0.29, 0.717) is 24.3 Å². The van der Waals surface area contributed by atoms with E-state index in [1.807, 2.05) is 30.3 Å². The second kappa shape index (κ2) is 13.3. The van der Waals surface area contributed by atoms with Gasteiger partial charge in [0.05, 0.1) is 18.0 Å². The van der Waals surface area contributed by atoms with Crippen molar-refractivity contribution in [1.82, 2.24) is 10.2 Å². The fourth-order valence-corrected chi connectivity index (χ4v) is 5.83. The van der Waals surface area contributed by atoms with Gasteiger partial charge in [-0.05, 0) is 43.9 Å². The van der Waals surface area contributed by atoms with Crippen LogP contribution in [0.15, 0.2) is 48.5 Å². The number of ketones is 1. The number of nitrogens with one attached hydrogen (secondary N) is 1. The highest BCUT2D eigenvalue weighted by Crippen LogP contribution is 2.38. The number of thioether (sulfide) groups is 1. The molecule has 2 aromatic rings. The van der Waals surface area contributed by atoms with Crippen molar-refractivity contribution < 1.29 is 24.6 Å². The Balaban J connectivity index is 1.86. The lowest BCUT2D eigenvalue weighted by Gasteiger charge is -2.43. The molecule has 38 heavy (non-hydrogen) atoms. The number of carbonyl (C=O) groups is 3. The van der Waals surface area contributed by atoms with Crippen molar-refractivity contribution in [1.29, 1.82) is 0 Å². The molecule has 2 aromatic carbocycles. The average Bonchev–Trinajstić information content (AvgIpc) is 2.89. The zero-order chi connectivity index (χ0) is 27.9. The first-order valence-electron chi connectivity index (χ1n) is 13.3. The zero-order valence-electron chi connectivity index (χ0n) is 22.8. The van der Waals surface area contributed by atoms with Crippen LogP contribution in [-0.2, 0) is 16.0 Å². The van der Waals surface area contributed by atoms with E-state index in [0.717, 1.165) is 24.8 Å². The second-order valence-electron chi connectivity index (χ2n) is 10.6. The van der Waals surface area contributed by atoms with E-state index in [9.17, 15) is 24.6 Å². The minimum atomic E-state index is -1.55. The Morgan fingerprint density at radius 2 is 1.82 bits per heavy atom. The highest BCUT2D eigenvalue weighted by Gasteiger charge is 2.43. The Bertz CT molecular complexity index is 1120. The van der Waals surface area contributed by atoms with Crippen molar-refractivity contribution in [3.8, 4) is 5.75 Å². The number of hydrogen-bond acceptors (Lipinski definition) is 6. The minimum absolute atomic E-state index is 0.00809. The molecule has 2 amide bonds. The van der Waals surface area contributed by atoms with Gasteiger partial charge in [-0.15, -0.1) is 11.8 Å². The van der Waals surface area contributed by atoms with Gasteiger partial charge in [0.1, 0.15) is 5.75 Å². The van der Waals surface area contributed by atoms with E-state index >= 15 is 0 Å². The van der Waals surface area contributed by atoms with Crippen LogP contribution in [0.5, 0.6) is 5.75 Å². The van der Waals surface area contributed by atoms with Crippen LogP contribution in [0.25, 0.3) is 0 Å². The first-order valence-corrected chi connectivity index (χ1v) is 14.3. The first kappa shape index (κ1) is 29.7. The number of aliphatic hydroxyl groups excluding tert-OH is 1. The van der Waals surface area contributed by atoms with Gasteiger partial charge in [-0.2, -0.15) is 0 Å². The van der Waals surface area contributed by atoms with Crippen molar-refractivity contribution >= 4 is 29.4 Å². The zero-order valence-corrected chi connectivity index (χ0v) is 23.6. The van der Waals surface area contributed by atoms with Crippen LogP contribution < -0.4 is 5.32 Å². The molecule has 3 rings (SSSR count). The van der Waals surface area contributed by atoms with Crippen LogP contribution in [0.3, 0.4) is 0 Å². The average molecular weight is 541 g/mol. The van der Waals surface area contributed by atoms with Crippen LogP contribution in [0, 0.1) is 6.92 Å². The SMILES string of the molecule is CCCCCC(=O)[C@@H]1CC(C)(C)SCN1C(=O)[C@@H](O)[C@H](Cc1ccccc1)NC(=O)c1cccc(O)c1C. The van der Waals surface area contributed by atoms with Crippen LogP contribution in [0.2, 0.25) is 0 Å². The summed E-state index contributed by atoms with van der Waals surface area (Å²) in [6.45, 7) is 7.85. The van der Waals surface area contributed by atoms with Gasteiger partial charge in [-0.1, -0.05) is 70.0 Å². The van der Waals surface area contributed by atoms with Crippen molar-refractivity contribution in [2.24, 2.45) is 0 Å². The molecule has 7 nitrogen and oxygen atoms in total. The van der Waals surface area contributed by atoms with E-state index < -0.39 is 30.0 Å². The molecule has 1 heterocycles. The molecule has 1 aliphatic heterocycles. The summed E-state index contributed by atoms with van der Waals surface area (Å²) in [6, 6.07) is 12.5. The Kier molecular flexibility index (Phi) is 10.4. The topological polar surface area (TPSA) is 107 Å². The molecule has 0 aliphatic carbocycles. The largest absolute Gasteiger partial charge is 0.508 e. The quantitative estimate of drug-likeness (QED) is 0.359. The van der Waals surface area contributed by atoms with Crippen molar-refractivity contribution in [2.75, 3.05) is 5.88 Å². The van der Waals surface area contributed by atoms with E-state index in [-0.39, 0.29) is 28.3 Å². The van der Waals surface area contributed by atoms with Gasteiger partial charge in [0, 0.05) is 22.3 Å². The molecule has 206 valence electrons. The molecule has 8 heteroatoms. The number of rotatable bonds is 11. The summed E-state index contributed by atoms with van der Waals surface area (Å²) in [7, 11) is 0. The molecular formula is C30H40N2O5S. The van der Waals surface area contributed by atoms with Crippen molar-refractivity contribution in [3.05, 3.63) is 65.2 Å². The molecule has 3 atom stereocenters. The maximum Gasteiger partial charge on any atom is 0.254 e. The number of aliphatic hydroxyl groups is 1. The minimum Gasteiger partial charge on any atom is -0.508 e. The molecule has 0 saturated carbocycles. The maximum atomic E-state index is 13.7. The smallest absolute Gasteiger partial charge is 0.254 e. The molecule has 1 fully saturated rings. The number of aromatic hydroxyl groups is 1. The van der Waals surface area contributed by atoms with Crippen molar-refractivity contribution in [3.63, 3.8) is 0 Å². The standard InChI is InChI=1S/C30H40N2O5S/c1-5-6-8-15-26(34)24-18-30(3,4)38-19-32(24)29(37)27(35)23(17-21-12-9-7-10-13-21)31-28(36)22-14-11-16-25(33)20(22)2/h7,9-14,16,23-24,27,33,35H,5-6,8,15,17-19H2,1-4H3,(H,31,36)/t23-,24-,27-/m0/s1. The van der Waals surface area contributed by atoms with Crippen LogP contribution in [0.1, 0.15) is 74.4 Å². The summed E-state index contributed by atoms with van der Waals surface area (Å²) in [6.07, 6.45) is 2.31. The van der Waals surface area contributed by atoms with Gasteiger partial charge in [-0.25, -0.2) is 0 Å². The molecule has 1 aliphatic rings. The lowest BCUT2D eigenvalue weighted by Crippen LogP contribution is -2.58. The van der Waals surface area contributed by atoms with Gasteiger partial charge in [0.15, 0.2) is 11.9 Å². The summed E-state index contributed by atoms with van der Waals surface area (Å²) in [5.74, 6) is -0.744. The summed E-state index contributed by atoms with van der Waals surface area (Å²) in [4.78, 5) is 41.7. The van der Waals surface area contributed by atoms with Gasteiger partial charge in [0.2, 0.25) is 0 Å². The van der Waals surface area contributed by atoms with Gasteiger partial charge in [0.25, 0.3) is 11.8 Å². The molecule has 0 bridgehead atoms. The molecule has 0 radical (unpaired) electrons. The van der Waals surface area contributed by atoms with E-state index in [4.69, 9.17) is 0 Å². The number of amides is 2. The first-order chi connectivity index (χ1) is 18.0. The van der Waals surface area contributed by atoms with Gasteiger partial charge < -0.3 is 20.4 Å². The predicted molar refractivity (Wildman–Crippen MR) is 151 cm³/mol. The number of nitrogens with zero attached hydrogens (tertiary/aromatic N) is 1. The third-order valence-corrected chi connectivity index (χ3v) is 8.49. The van der Waals surface area contributed by atoms with Gasteiger partial charge >= 0.3 is 0 Å². The molecule has 0 unspecified atom stereocenters. The number of phenolic OH excluding ortho intramolecular Hbond substituents is 1. The Labute approximate surface area is 230 Å². The maximum absolute atomic E-state index is 13.7. The lowest BCUT2D eigenvalue weighted by atomic mass is 9.93. The fraction of sp³-hybridized carbons (Fsp3) is 0.500. The number of Topliss-reactive ketones (excluding diaryl/α,β-unsaturated/α-hetero) is 1. The predicted octanol–water partition coefficient (Wildman–Crippen LogP) is 4.62. The highest BCUT2D eigenvalue weighted by atomic mass is 32.2. The monoisotopic (exact) mass is 540 g/mol. The number of carbonyl (C=O) groups excluding carboxylic acids is 3. The van der Waals surface area contributed by atoms with Crippen molar-refractivity contribution in [2.45, 2.75) is 89.2 Å².